The molecule has 0 aliphatic heterocycles. The van der Waals surface area contributed by atoms with Crippen LogP contribution < -0.4 is 4.74 Å². The summed E-state index contributed by atoms with van der Waals surface area (Å²) in [5.41, 5.74) is 1.62. The van der Waals surface area contributed by atoms with Gasteiger partial charge in [0, 0.05) is 11.4 Å². The molecule has 0 radical (unpaired) electrons. The number of thiophene rings is 1. The average molecular weight is 317 g/mol. The first kappa shape index (κ1) is 14.2. The van der Waals surface area contributed by atoms with Gasteiger partial charge < -0.3 is 9.26 Å². The van der Waals surface area contributed by atoms with Gasteiger partial charge >= 0.3 is 5.69 Å². The minimum Gasteiger partial charge on any atom is -0.478 e. The second kappa shape index (κ2) is 5.94. The Bertz CT molecular complexity index is 798. The molecule has 112 valence electrons. The van der Waals surface area contributed by atoms with E-state index in [0.29, 0.717) is 11.7 Å². The number of nitrogens with zero attached hydrogens (tertiary/aromatic N) is 3. The summed E-state index contributed by atoms with van der Waals surface area (Å²) in [5, 5.41) is 18.6. The molecule has 0 aliphatic rings. The Balaban J connectivity index is 1.76. The average Bonchev–Trinajstić information content (AvgIpc) is 3.16. The number of aryl methyl sites for hydroxylation is 1. The van der Waals surface area contributed by atoms with Crippen molar-refractivity contribution in [3.05, 3.63) is 56.5 Å². The van der Waals surface area contributed by atoms with Crippen LogP contribution in [0.25, 0.3) is 11.5 Å². The smallest absolute Gasteiger partial charge is 0.310 e. The van der Waals surface area contributed by atoms with Gasteiger partial charge in [-0.25, -0.2) is 0 Å². The highest BCUT2D eigenvalue weighted by Gasteiger charge is 2.16. The molecule has 0 unspecified atom stereocenters. The summed E-state index contributed by atoms with van der Waals surface area (Å²) >= 11 is 1.53. The third kappa shape index (κ3) is 2.96. The van der Waals surface area contributed by atoms with Crippen LogP contribution in [-0.4, -0.2) is 15.1 Å². The Morgan fingerprint density at radius 1 is 1.41 bits per heavy atom. The van der Waals surface area contributed by atoms with E-state index in [1.165, 1.54) is 17.4 Å². The lowest BCUT2D eigenvalue weighted by atomic mass is 10.2. The van der Waals surface area contributed by atoms with E-state index < -0.39 is 4.92 Å². The molecule has 2 heterocycles. The van der Waals surface area contributed by atoms with Gasteiger partial charge in [-0.3, -0.25) is 10.1 Å². The highest BCUT2D eigenvalue weighted by molar-refractivity contribution is 7.08. The van der Waals surface area contributed by atoms with Gasteiger partial charge in [-0.2, -0.15) is 16.3 Å². The Kier molecular flexibility index (Phi) is 3.84. The van der Waals surface area contributed by atoms with Crippen LogP contribution in [0.15, 0.2) is 39.5 Å². The van der Waals surface area contributed by atoms with Crippen molar-refractivity contribution in [2.24, 2.45) is 0 Å². The quantitative estimate of drug-likeness (QED) is 0.527. The predicted octanol–water partition coefficient (Wildman–Crippen LogP) is 3.59. The van der Waals surface area contributed by atoms with E-state index in [9.17, 15) is 10.1 Å². The van der Waals surface area contributed by atoms with Gasteiger partial charge in [0.05, 0.1) is 10.5 Å². The summed E-state index contributed by atoms with van der Waals surface area (Å²) < 4.78 is 10.6. The molecule has 3 rings (SSSR count). The van der Waals surface area contributed by atoms with Gasteiger partial charge in [-0.05, 0) is 30.0 Å². The van der Waals surface area contributed by atoms with E-state index in [0.717, 1.165) is 11.1 Å². The van der Waals surface area contributed by atoms with Crippen molar-refractivity contribution in [1.82, 2.24) is 10.1 Å². The van der Waals surface area contributed by atoms with Crippen molar-refractivity contribution in [3.63, 3.8) is 0 Å². The summed E-state index contributed by atoms with van der Waals surface area (Å²) in [6.07, 6.45) is 0. The summed E-state index contributed by atoms with van der Waals surface area (Å²) in [7, 11) is 0. The molecule has 0 N–H and O–H groups in total. The highest BCUT2D eigenvalue weighted by atomic mass is 32.1. The molecule has 0 spiro atoms. The Morgan fingerprint density at radius 3 is 3.00 bits per heavy atom. The fourth-order valence-corrected chi connectivity index (χ4v) is 2.48. The fourth-order valence-electron chi connectivity index (χ4n) is 1.85. The van der Waals surface area contributed by atoms with Crippen molar-refractivity contribution in [2.75, 3.05) is 0 Å². The van der Waals surface area contributed by atoms with Crippen LogP contribution in [0, 0.1) is 17.0 Å². The molecular weight excluding hydrogens is 306 g/mol. The lowest BCUT2D eigenvalue weighted by Crippen LogP contribution is -2.01. The monoisotopic (exact) mass is 317 g/mol. The van der Waals surface area contributed by atoms with Crippen LogP contribution in [0.4, 0.5) is 5.69 Å². The molecule has 1 aromatic carbocycles. The number of rotatable bonds is 5. The molecule has 7 nitrogen and oxygen atoms in total. The number of ether oxygens (including phenoxy) is 1. The molecule has 0 saturated heterocycles. The summed E-state index contributed by atoms with van der Waals surface area (Å²) in [6, 6.07) is 6.55. The standard InChI is InChI=1S/C14H11N3O4S/c1-9-2-3-11(17(18)19)12(6-9)20-7-13-15-14(21-16-13)10-4-5-22-8-10/h2-6,8H,7H2,1H3. The van der Waals surface area contributed by atoms with E-state index in [2.05, 4.69) is 10.1 Å². The van der Waals surface area contributed by atoms with E-state index in [1.807, 2.05) is 23.8 Å². The van der Waals surface area contributed by atoms with Gasteiger partial charge in [-0.1, -0.05) is 11.2 Å². The van der Waals surface area contributed by atoms with Crippen molar-refractivity contribution in [3.8, 4) is 17.2 Å². The first-order chi connectivity index (χ1) is 10.6. The SMILES string of the molecule is Cc1ccc([N+](=O)[O-])c(OCc2noc(-c3ccsc3)n2)c1. The number of nitro benzene ring substituents is 1. The molecule has 2 aromatic heterocycles. The molecule has 0 bridgehead atoms. The Morgan fingerprint density at radius 2 is 2.27 bits per heavy atom. The molecule has 22 heavy (non-hydrogen) atoms. The van der Waals surface area contributed by atoms with Gasteiger partial charge in [0.1, 0.15) is 0 Å². The molecule has 0 atom stereocenters. The van der Waals surface area contributed by atoms with Gasteiger partial charge in [0.2, 0.25) is 5.82 Å². The molecule has 0 amide bonds. The largest absolute Gasteiger partial charge is 0.478 e. The van der Waals surface area contributed by atoms with Gasteiger partial charge in [0.25, 0.3) is 5.89 Å². The van der Waals surface area contributed by atoms with Crippen LogP contribution in [0.5, 0.6) is 5.75 Å². The van der Waals surface area contributed by atoms with Crippen LogP contribution in [0.1, 0.15) is 11.4 Å². The normalized spacial score (nSPS) is 10.6. The lowest BCUT2D eigenvalue weighted by molar-refractivity contribution is -0.386. The maximum atomic E-state index is 11.0. The Hall–Kier alpha value is -2.74. The second-order valence-corrected chi connectivity index (χ2v) is 5.32. The lowest BCUT2D eigenvalue weighted by Gasteiger charge is -2.05. The number of hydrogen-bond acceptors (Lipinski definition) is 7. The van der Waals surface area contributed by atoms with Crippen molar-refractivity contribution in [2.45, 2.75) is 13.5 Å². The van der Waals surface area contributed by atoms with E-state index in [1.54, 1.807) is 12.1 Å². The first-order valence-corrected chi connectivity index (χ1v) is 7.31. The zero-order valence-corrected chi connectivity index (χ0v) is 12.4. The number of nitro groups is 1. The summed E-state index contributed by atoms with van der Waals surface area (Å²) in [6.45, 7) is 1.83. The predicted molar refractivity (Wildman–Crippen MR) is 79.8 cm³/mol. The molecule has 0 saturated carbocycles. The van der Waals surface area contributed by atoms with Crippen LogP contribution in [-0.2, 0) is 6.61 Å². The van der Waals surface area contributed by atoms with Crippen LogP contribution in [0.2, 0.25) is 0 Å². The third-order valence-corrected chi connectivity index (χ3v) is 3.59. The topological polar surface area (TPSA) is 91.3 Å². The van der Waals surface area contributed by atoms with Crippen LogP contribution >= 0.6 is 11.3 Å². The maximum Gasteiger partial charge on any atom is 0.310 e. The fraction of sp³-hybridized carbons (Fsp3) is 0.143. The number of aromatic nitrogens is 2. The van der Waals surface area contributed by atoms with Crippen molar-refractivity contribution < 1.29 is 14.2 Å². The molecule has 0 fully saturated rings. The van der Waals surface area contributed by atoms with Gasteiger partial charge in [0.15, 0.2) is 12.4 Å². The van der Waals surface area contributed by atoms with Gasteiger partial charge in [-0.15, -0.1) is 0 Å². The zero-order valence-electron chi connectivity index (χ0n) is 11.6. The highest BCUT2D eigenvalue weighted by Crippen LogP contribution is 2.28. The van der Waals surface area contributed by atoms with E-state index >= 15 is 0 Å². The molecule has 0 aliphatic carbocycles. The molecular formula is C14H11N3O4S. The maximum absolute atomic E-state index is 11.0. The second-order valence-electron chi connectivity index (χ2n) is 4.54. The third-order valence-electron chi connectivity index (χ3n) is 2.90. The van der Waals surface area contributed by atoms with Crippen molar-refractivity contribution in [1.29, 1.82) is 0 Å². The van der Waals surface area contributed by atoms with Crippen molar-refractivity contribution >= 4 is 17.0 Å². The first-order valence-electron chi connectivity index (χ1n) is 6.36. The van der Waals surface area contributed by atoms with E-state index in [4.69, 9.17) is 9.26 Å². The minimum absolute atomic E-state index is 0.00205. The molecule has 8 heteroatoms. The number of benzene rings is 1. The summed E-state index contributed by atoms with van der Waals surface area (Å²) in [5.74, 6) is 0.919. The minimum atomic E-state index is -0.484. The molecule has 3 aromatic rings. The number of hydrogen-bond donors (Lipinski definition) is 0. The zero-order chi connectivity index (χ0) is 15.5. The Labute approximate surface area is 129 Å². The van der Waals surface area contributed by atoms with Crippen LogP contribution in [0.3, 0.4) is 0 Å². The summed E-state index contributed by atoms with van der Waals surface area (Å²) in [4.78, 5) is 14.7. The van der Waals surface area contributed by atoms with E-state index in [-0.39, 0.29) is 18.0 Å².